The molecule has 0 aromatic heterocycles. The maximum absolute atomic E-state index is 12.3. The maximum atomic E-state index is 12.3. The molecule has 3 atom stereocenters. The number of aliphatic carboxylic acids is 1. The number of ether oxygens (including phenoxy) is 1. The number of carbonyl (C=O) groups is 3. The molecule has 0 aliphatic carbocycles. The molecule has 0 bridgehead atoms. The molecule has 33 heavy (non-hydrogen) atoms. The Labute approximate surface area is 194 Å². The number of carbonyl (C=O) groups excluding carboxylic acids is 2. The first-order valence-electron chi connectivity index (χ1n) is 10.7. The fourth-order valence-electron chi connectivity index (χ4n) is 3.13. The van der Waals surface area contributed by atoms with E-state index in [2.05, 4.69) is 23.8 Å². The molecule has 2 aromatic carbocycles. The summed E-state index contributed by atoms with van der Waals surface area (Å²) in [7, 11) is 0. The van der Waals surface area contributed by atoms with Crippen molar-refractivity contribution in [2.75, 3.05) is 0 Å². The molecule has 0 radical (unpaired) electrons. The second-order valence-electron chi connectivity index (χ2n) is 7.66. The third-order valence-electron chi connectivity index (χ3n) is 5.08. The van der Waals surface area contributed by atoms with Crippen LogP contribution in [-0.4, -0.2) is 29.1 Å². The highest BCUT2D eigenvalue weighted by Crippen LogP contribution is 2.20. The fraction of sp³-hybridized carbons (Fsp3) is 0.269. The van der Waals surface area contributed by atoms with E-state index in [4.69, 9.17) is 4.74 Å². The van der Waals surface area contributed by atoms with Crippen LogP contribution < -0.4 is 10.6 Å². The number of alkyl carbamates (subject to hydrolysis) is 1. The van der Waals surface area contributed by atoms with Crippen molar-refractivity contribution in [3.63, 3.8) is 0 Å². The van der Waals surface area contributed by atoms with Crippen LogP contribution in [0.25, 0.3) is 0 Å². The first-order chi connectivity index (χ1) is 15.8. The zero-order chi connectivity index (χ0) is 24.2. The molecule has 0 saturated carbocycles. The molecule has 3 unspecified atom stereocenters. The second-order valence-corrected chi connectivity index (χ2v) is 7.66. The maximum Gasteiger partial charge on any atom is 0.407 e. The van der Waals surface area contributed by atoms with Gasteiger partial charge in [-0.05, 0) is 23.1 Å². The molecular formula is C26H30N2O5. The minimum Gasteiger partial charge on any atom is -0.480 e. The molecule has 0 aliphatic rings. The van der Waals surface area contributed by atoms with E-state index in [0.717, 1.165) is 11.1 Å². The minimum absolute atomic E-state index is 0.0953. The van der Waals surface area contributed by atoms with Crippen LogP contribution in [-0.2, 0) is 27.4 Å². The van der Waals surface area contributed by atoms with Crippen LogP contribution in [0.1, 0.15) is 36.1 Å². The number of benzene rings is 2. The monoisotopic (exact) mass is 450 g/mol. The number of hydrogen-bond acceptors (Lipinski definition) is 4. The molecule has 174 valence electrons. The van der Waals surface area contributed by atoms with Crippen molar-refractivity contribution < 1.29 is 24.2 Å². The van der Waals surface area contributed by atoms with Gasteiger partial charge in [-0.2, -0.15) is 0 Å². The van der Waals surface area contributed by atoms with Gasteiger partial charge in [-0.15, -0.1) is 13.2 Å². The third kappa shape index (κ3) is 8.29. The molecule has 0 heterocycles. The quantitative estimate of drug-likeness (QED) is 0.421. The van der Waals surface area contributed by atoms with Crippen molar-refractivity contribution in [1.82, 2.24) is 10.6 Å². The average molecular weight is 451 g/mol. The van der Waals surface area contributed by atoms with Crippen molar-refractivity contribution in [2.45, 2.75) is 38.5 Å². The minimum atomic E-state index is -1.13. The predicted molar refractivity (Wildman–Crippen MR) is 126 cm³/mol. The molecule has 7 heteroatoms. The summed E-state index contributed by atoms with van der Waals surface area (Å²) < 4.78 is 5.31. The van der Waals surface area contributed by atoms with Gasteiger partial charge >= 0.3 is 12.1 Å². The van der Waals surface area contributed by atoms with E-state index in [1.54, 1.807) is 25.1 Å². The molecular weight excluding hydrogens is 420 g/mol. The lowest BCUT2D eigenvalue weighted by Crippen LogP contribution is -2.44. The lowest BCUT2D eigenvalue weighted by molar-refractivity contribution is -0.142. The summed E-state index contributed by atoms with van der Waals surface area (Å²) in [4.78, 5) is 36.1. The molecule has 0 spiro atoms. The van der Waals surface area contributed by atoms with Gasteiger partial charge in [0.1, 0.15) is 12.6 Å². The Hall–Kier alpha value is -3.87. The number of nitrogens with one attached hydrogen (secondary N) is 2. The van der Waals surface area contributed by atoms with Gasteiger partial charge < -0.3 is 20.5 Å². The van der Waals surface area contributed by atoms with Gasteiger partial charge in [-0.1, -0.05) is 73.7 Å². The molecule has 0 aliphatic heterocycles. The van der Waals surface area contributed by atoms with Crippen molar-refractivity contribution in [3.8, 4) is 0 Å². The van der Waals surface area contributed by atoms with Crippen LogP contribution in [0.3, 0.4) is 0 Å². The topological polar surface area (TPSA) is 105 Å². The highest BCUT2D eigenvalue weighted by atomic mass is 16.5. The lowest BCUT2D eigenvalue weighted by atomic mass is 9.98. The standard InChI is InChI=1S/C26H30N2O5/c1-4-10-22(28-26(32)33-17-19-11-7-6-8-12-19)21-14-9-13-20(15-21)16-23(25(30)31)27-24(29)18(3)5-2/h4-9,11-15,18,22-23H,1-2,10,16-17H2,3H3,(H,27,29)(H,28,32)(H,30,31). The van der Waals surface area contributed by atoms with Gasteiger partial charge in [0.05, 0.1) is 12.0 Å². The number of hydrogen-bond donors (Lipinski definition) is 3. The smallest absolute Gasteiger partial charge is 0.407 e. The van der Waals surface area contributed by atoms with Gasteiger partial charge in [0.15, 0.2) is 0 Å². The Kier molecular flexibility index (Phi) is 9.89. The highest BCUT2D eigenvalue weighted by Gasteiger charge is 2.23. The van der Waals surface area contributed by atoms with Crippen molar-refractivity contribution in [3.05, 3.63) is 96.6 Å². The van der Waals surface area contributed by atoms with Crippen LogP contribution in [0.4, 0.5) is 4.79 Å². The normalized spacial score (nSPS) is 13.1. The van der Waals surface area contributed by atoms with E-state index in [-0.39, 0.29) is 13.0 Å². The number of rotatable bonds is 12. The highest BCUT2D eigenvalue weighted by molar-refractivity contribution is 5.85. The van der Waals surface area contributed by atoms with E-state index < -0.39 is 36.0 Å². The summed E-state index contributed by atoms with van der Waals surface area (Å²) in [6.07, 6.45) is 3.13. The van der Waals surface area contributed by atoms with Crippen molar-refractivity contribution in [1.29, 1.82) is 0 Å². The van der Waals surface area contributed by atoms with E-state index in [1.807, 2.05) is 42.5 Å². The van der Waals surface area contributed by atoms with E-state index in [1.165, 1.54) is 6.08 Å². The summed E-state index contributed by atoms with van der Waals surface area (Å²) in [6.45, 7) is 9.10. The van der Waals surface area contributed by atoms with E-state index in [9.17, 15) is 19.5 Å². The first-order valence-corrected chi connectivity index (χ1v) is 10.7. The summed E-state index contributed by atoms with van der Waals surface area (Å²) in [6, 6.07) is 15.1. The zero-order valence-electron chi connectivity index (χ0n) is 18.7. The lowest BCUT2D eigenvalue weighted by Gasteiger charge is -2.20. The summed E-state index contributed by atoms with van der Waals surface area (Å²) in [5.41, 5.74) is 2.36. The van der Waals surface area contributed by atoms with Gasteiger partial charge in [-0.3, -0.25) is 4.79 Å². The first kappa shape index (κ1) is 25.4. The summed E-state index contributed by atoms with van der Waals surface area (Å²) in [5.74, 6) is -2.03. The molecule has 2 rings (SSSR count). The number of carboxylic acid groups (broad SMARTS) is 1. The van der Waals surface area contributed by atoms with Crippen LogP contribution in [0.15, 0.2) is 79.9 Å². The summed E-state index contributed by atoms with van der Waals surface area (Å²) >= 11 is 0. The molecule has 2 aromatic rings. The SMILES string of the molecule is C=CCC(NC(=O)OCc1ccccc1)c1cccc(CC(NC(=O)C(C)C=C)C(=O)O)c1. The van der Waals surface area contributed by atoms with Gasteiger partial charge in [0.25, 0.3) is 0 Å². The van der Waals surface area contributed by atoms with Crippen LogP contribution in [0.2, 0.25) is 0 Å². The van der Waals surface area contributed by atoms with Crippen molar-refractivity contribution in [2.24, 2.45) is 5.92 Å². The zero-order valence-corrected chi connectivity index (χ0v) is 18.7. The van der Waals surface area contributed by atoms with Crippen LogP contribution in [0.5, 0.6) is 0 Å². The Balaban J connectivity index is 2.08. The number of carboxylic acids is 1. The molecule has 0 fully saturated rings. The van der Waals surface area contributed by atoms with E-state index in [0.29, 0.717) is 12.0 Å². The van der Waals surface area contributed by atoms with Crippen LogP contribution >= 0.6 is 0 Å². The average Bonchev–Trinajstić information content (AvgIpc) is 2.82. The molecule has 2 amide bonds. The largest absolute Gasteiger partial charge is 0.480 e. The Morgan fingerprint density at radius 1 is 1.03 bits per heavy atom. The Morgan fingerprint density at radius 3 is 2.36 bits per heavy atom. The fourth-order valence-corrected chi connectivity index (χ4v) is 3.13. The van der Waals surface area contributed by atoms with Gasteiger partial charge in [0, 0.05) is 6.42 Å². The van der Waals surface area contributed by atoms with Gasteiger partial charge in [-0.25, -0.2) is 9.59 Å². The third-order valence-corrected chi connectivity index (χ3v) is 5.08. The predicted octanol–water partition coefficient (Wildman–Crippen LogP) is 4.16. The molecule has 3 N–H and O–H groups in total. The van der Waals surface area contributed by atoms with E-state index >= 15 is 0 Å². The molecule has 7 nitrogen and oxygen atoms in total. The van der Waals surface area contributed by atoms with Crippen molar-refractivity contribution >= 4 is 18.0 Å². The second kappa shape index (κ2) is 12.9. The van der Waals surface area contributed by atoms with Gasteiger partial charge in [0.2, 0.25) is 5.91 Å². The summed E-state index contributed by atoms with van der Waals surface area (Å²) in [5, 5.41) is 14.9. The number of amides is 2. The molecule has 0 saturated heterocycles. The Morgan fingerprint density at radius 2 is 1.73 bits per heavy atom. The Bertz CT molecular complexity index is 974. The van der Waals surface area contributed by atoms with Crippen LogP contribution in [0, 0.1) is 5.92 Å².